The smallest absolute Gasteiger partial charge is 0.262 e. The summed E-state index contributed by atoms with van der Waals surface area (Å²) in [5.41, 5.74) is 1.29. The van der Waals surface area contributed by atoms with Gasteiger partial charge in [-0.15, -0.1) is 0 Å². The Labute approximate surface area is 139 Å². The highest BCUT2D eigenvalue weighted by molar-refractivity contribution is 6.21. The molecule has 0 aromatic heterocycles. The van der Waals surface area contributed by atoms with Gasteiger partial charge in [-0.3, -0.25) is 9.59 Å². The fourth-order valence-corrected chi connectivity index (χ4v) is 3.01. The number of carbonyl (C=O) groups excluding carboxylic acids is 2. The van der Waals surface area contributed by atoms with Gasteiger partial charge in [-0.1, -0.05) is 6.07 Å². The lowest BCUT2D eigenvalue weighted by molar-refractivity contribution is -0.121. The van der Waals surface area contributed by atoms with Crippen molar-refractivity contribution in [2.75, 3.05) is 27.9 Å². The molecule has 2 aliphatic rings. The lowest BCUT2D eigenvalue weighted by Gasteiger charge is -2.29. The maximum atomic E-state index is 12.5. The molecule has 0 N–H and O–H groups in total. The Bertz CT molecular complexity index is 759. The lowest BCUT2D eigenvalue weighted by Crippen LogP contribution is -2.31. The van der Waals surface area contributed by atoms with E-state index in [2.05, 4.69) is 0 Å². The number of ether oxygens (including phenoxy) is 4. The summed E-state index contributed by atoms with van der Waals surface area (Å²) in [6, 6.07) is 5.56. The van der Waals surface area contributed by atoms with E-state index >= 15 is 0 Å². The third-order valence-corrected chi connectivity index (χ3v) is 4.22. The van der Waals surface area contributed by atoms with Crippen LogP contribution in [-0.2, 0) is 25.5 Å². The molecule has 0 bridgehead atoms. The third-order valence-electron chi connectivity index (χ3n) is 4.22. The fourth-order valence-electron chi connectivity index (χ4n) is 3.01. The highest BCUT2D eigenvalue weighted by atomic mass is 16.5. The van der Waals surface area contributed by atoms with Crippen LogP contribution in [0, 0.1) is 5.92 Å². The molecule has 1 heterocycles. The molecule has 6 heteroatoms. The van der Waals surface area contributed by atoms with Crippen molar-refractivity contribution in [1.29, 1.82) is 0 Å². The maximum Gasteiger partial charge on any atom is 0.262 e. The molecular weight excluding hydrogens is 312 g/mol. The summed E-state index contributed by atoms with van der Waals surface area (Å²) in [7, 11) is 4.32. The van der Waals surface area contributed by atoms with Gasteiger partial charge in [-0.2, -0.15) is 0 Å². The number of hydrogen-bond acceptors (Lipinski definition) is 6. The number of ketones is 2. The van der Waals surface area contributed by atoms with E-state index in [0.29, 0.717) is 17.7 Å². The molecule has 3 rings (SSSR count). The highest BCUT2D eigenvalue weighted by Gasteiger charge is 2.36. The van der Waals surface area contributed by atoms with Gasteiger partial charge < -0.3 is 18.9 Å². The summed E-state index contributed by atoms with van der Waals surface area (Å²) >= 11 is 0. The van der Waals surface area contributed by atoms with E-state index in [-0.39, 0.29) is 29.8 Å². The summed E-state index contributed by atoms with van der Waals surface area (Å²) in [5, 5.41) is 0. The number of hydrogen-bond donors (Lipinski definition) is 0. The molecule has 1 atom stereocenters. The Morgan fingerprint density at radius 1 is 1.08 bits per heavy atom. The number of rotatable bonds is 4. The molecular formula is C18H18O6. The largest absolute Gasteiger partial charge is 0.497 e. The van der Waals surface area contributed by atoms with Gasteiger partial charge in [-0.05, 0) is 18.1 Å². The first-order valence-electron chi connectivity index (χ1n) is 7.51. The molecule has 0 saturated heterocycles. The van der Waals surface area contributed by atoms with Crippen LogP contribution in [0.2, 0.25) is 0 Å². The van der Waals surface area contributed by atoms with E-state index in [1.165, 1.54) is 20.3 Å². The first kappa shape index (κ1) is 16.1. The van der Waals surface area contributed by atoms with Crippen LogP contribution >= 0.6 is 0 Å². The lowest BCUT2D eigenvalue weighted by atomic mass is 9.84. The van der Waals surface area contributed by atoms with Crippen molar-refractivity contribution in [2.24, 2.45) is 5.92 Å². The van der Waals surface area contributed by atoms with Crippen LogP contribution in [0.3, 0.4) is 0 Å². The number of benzene rings is 1. The molecule has 1 aliphatic carbocycles. The first-order chi connectivity index (χ1) is 11.6. The van der Waals surface area contributed by atoms with E-state index in [0.717, 1.165) is 11.3 Å². The average Bonchev–Trinajstić information content (AvgIpc) is 2.61. The van der Waals surface area contributed by atoms with Crippen LogP contribution in [0.1, 0.15) is 5.56 Å². The standard InChI is InChI=1S/C18H18O6/c1-21-12-5-4-10-6-11(9-24-14(10)7-12)16-13(19)8-15(22-2)17(20)18(16)23-3/h4-5,7-8,11H,6,9H2,1-3H3. The van der Waals surface area contributed by atoms with Crippen molar-refractivity contribution in [3.05, 3.63) is 46.9 Å². The number of carbonyl (C=O) groups is 2. The van der Waals surface area contributed by atoms with Crippen LogP contribution in [-0.4, -0.2) is 39.5 Å². The molecule has 6 nitrogen and oxygen atoms in total. The van der Waals surface area contributed by atoms with Crippen molar-refractivity contribution in [3.8, 4) is 11.5 Å². The van der Waals surface area contributed by atoms with Crippen molar-refractivity contribution >= 4 is 11.6 Å². The third kappa shape index (κ3) is 2.64. The molecule has 24 heavy (non-hydrogen) atoms. The van der Waals surface area contributed by atoms with Gasteiger partial charge in [0.2, 0.25) is 0 Å². The van der Waals surface area contributed by atoms with Gasteiger partial charge in [0.25, 0.3) is 5.78 Å². The predicted octanol–water partition coefficient (Wildman–Crippen LogP) is 1.83. The Morgan fingerprint density at radius 2 is 1.88 bits per heavy atom. The zero-order chi connectivity index (χ0) is 17.3. The Morgan fingerprint density at radius 3 is 2.54 bits per heavy atom. The van der Waals surface area contributed by atoms with E-state index < -0.39 is 5.78 Å². The maximum absolute atomic E-state index is 12.5. The summed E-state index contributed by atoms with van der Waals surface area (Å²) in [4.78, 5) is 24.8. The highest BCUT2D eigenvalue weighted by Crippen LogP contribution is 2.36. The van der Waals surface area contributed by atoms with Crippen molar-refractivity contribution in [3.63, 3.8) is 0 Å². The quantitative estimate of drug-likeness (QED) is 0.785. The van der Waals surface area contributed by atoms with Crippen LogP contribution in [0.5, 0.6) is 11.5 Å². The van der Waals surface area contributed by atoms with Gasteiger partial charge >= 0.3 is 0 Å². The average molecular weight is 330 g/mol. The van der Waals surface area contributed by atoms with Gasteiger partial charge in [-0.25, -0.2) is 0 Å². The van der Waals surface area contributed by atoms with Crippen LogP contribution < -0.4 is 9.47 Å². The molecule has 126 valence electrons. The summed E-state index contributed by atoms with van der Waals surface area (Å²) in [5.74, 6) is 0.497. The Hall–Kier alpha value is -2.76. The zero-order valence-corrected chi connectivity index (χ0v) is 13.8. The molecule has 1 aliphatic heterocycles. The second-order valence-electron chi connectivity index (χ2n) is 5.54. The van der Waals surface area contributed by atoms with Crippen LogP contribution in [0.25, 0.3) is 0 Å². The van der Waals surface area contributed by atoms with Crippen LogP contribution in [0.15, 0.2) is 41.4 Å². The van der Waals surface area contributed by atoms with Gasteiger partial charge in [0, 0.05) is 18.1 Å². The monoisotopic (exact) mass is 330 g/mol. The molecule has 0 amide bonds. The number of methoxy groups -OCH3 is 3. The Balaban J connectivity index is 1.94. The van der Waals surface area contributed by atoms with Gasteiger partial charge in [0.1, 0.15) is 11.5 Å². The molecule has 0 spiro atoms. The summed E-state index contributed by atoms with van der Waals surface area (Å²) in [6.07, 6.45) is 1.79. The number of allylic oxidation sites excluding steroid dienone is 1. The van der Waals surface area contributed by atoms with E-state index in [9.17, 15) is 9.59 Å². The van der Waals surface area contributed by atoms with Gasteiger partial charge in [0.05, 0.1) is 33.5 Å². The molecule has 0 saturated carbocycles. The summed E-state index contributed by atoms with van der Waals surface area (Å²) in [6.45, 7) is 0.289. The topological polar surface area (TPSA) is 71.1 Å². The SMILES string of the molecule is COC1=CC(=O)C(C2COc3cc(OC)ccc3C2)=C(OC)C1=O. The zero-order valence-electron chi connectivity index (χ0n) is 13.8. The van der Waals surface area contributed by atoms with Crippen molar-refractivity contribution in [2.45, 2.75) is 6.42 Å². The predicted molar refractivity (Wildman–Crippen MR) is 84.8 cm³/mol. The van der Waals surface area contributed by atoms with Crippen molar-refractivity contribution in [1.82, 2.24) is 0 Å². The Kier molecular flexibility index (Phi) is 4.29. The summed E-state index contributed by atoms with van der Waals surface area (Å²) < 4.78 is 21.1. The minimum Gasteiger partial charge on any atom is -0.497 e. The number of Topliss-reactive ketones (excluding diaryl/α,β-unsaturated/α-hetero) is 1. The number of fused-ring (bicyclic) bond motifs is 1. The fraction of sp³-hybridized carbons (Fsp3) is 0.333. The van der Waals surface area contributed by atoms with E-state index in [1.807, 2.05) is 18.2 Å². The molecule has 1 aromatic carbocycles. The first-order valence-corrected chi connectivity index (χ1v) is 7.51. The second kappa shape index (κ2) is 6.39. The molecule has 1 unspecified atom stereocenters. The van der Waals surface area contributed by atoms with Crippen molar-refractivity contribution < 1.29 is 28.5 Å². The second-order valence-corrected chi connectivity index (χ2v) is 5.54. The molecule has 0 fully saturated rings. The minimum atomic E-state index is -0.421. The van der Waals surface area contributed by atoms with E-state index in [4.69, 9.17) is 18.9 Å². The van der Waals surface area contributed by atoms with Gasteiger partial charge in [0.15, 0.2) is 17.3 Å². The molecule has 1 aromatic rings. The molecule has 0 radical (unpaired) electrons. The van der Waals surface area contributed by atoms with Crippen LogP contribution in [0.4, 0.5) is 0 Å². The minimum absolute atomic E-state index is 0.0116. The normalized spacial score (nSPS) is 20.1. The van der Waals surface area contributed by atoms with E-state index in [1.54, 1.807) is 7.11 Å².